The average molecular weight is 670 g/mol. The van der Waals surface area contributed by atoms with Gasteiger partial charge in [-0.25, -0.2) is 25.6 Å². The molecular weight excluding hydrogens is 641 g/mol. The Morgan fingerprint density at radius 1 is 1.02 bits per heavy atom. The molecule has 0 bridgehead atoms. The highest BCUT2D eigenvalue weighted by atomic mass is 32.2. The van der Waals surface area contributed by atoms with Gasteiger partial charge in [-0.1, -0.05) is 12.1 Å². The number of ether oxygens (including phenoxy) is 1. The molecule has 1 unspecified atom stereocenters. The summed E-state index contributed by atoms with van der Waals surface area (Å²) < 4.78 is 126. The van der Waals surface area contributed by atoms with Crippen LogP contribution in [0.4, 0.5) is 22.0 Å². The normalized spacial score (nSPS) is 24.2. The number of likely N-dealkylation sites (tertiary alicyclic amines) is 1. The fourth-order valence-corrected chi connectivity index (χ4v) is 11.1. The molecular formula is C31H28F5NO6S2. The molecule has 3 aromatic carbocycles. The predicted molar refractivity (Wildman–Crippen MR) is 153 cm³/mol. The Hall–Kier alpha value is -3.52. The molecule has 7 nitrogen and oxygen atoms in total. The van der Waals surface area contributed by atoms with E-state index in [4.69, 9.17) is 4.74 Å². The van der Waals surface area contributed by atoms with Crippen LogP contribution in [-0.2, 0) is 48.4 Å². The van der Waals surface area contributed by atoms with Crippen LogP contribution in [0, 0.1) is 17.6 Å². The van der Waals surface area contributed by atoms with Gasteiger partial charge < -0.3 is 9.64 Å². The number of carbonyl (C=O) groups is 1. The van der Waals surface area contributed by atoms with Crippen LogP contribution in [0.1, 0.15) is 41.5 Å². The number of benzene rings is 3. The van der Waals surface area contributed by atoms with Crippen LogP contribution in [0.5, 0.6) is 5.75 Å². The van der Waals surface area contributed by atoms with Crippen molar-refractivity contribution >= 4 is 25.6 Å². The Bertz CT molecular complexity index is 1880. The van der Waals surface area contributed by atoms with Gasteiger partial charge in [-0.2, -0.15) is 13.2 Å². The number of carbonyl (C=O) groups excluding carboxylic acids is 1. The van der Waals surface area contributed by atoms with Gasteiger partial charge in [-0.15, -0.1) is 0 Å². The molecule has 0 aromatic heterocycles. The van der Waals surface area contributed by atoms with Gasteiger partial charge in [0.2, 0.25) is 5.91 Å². The van der Waals surface area contributed by atoms with E-state index in [2.05, 4.69) is 0 Å². The molecule has 2 saturated heterocycles. The molecule has 0 spiro atoms. The zero-order valence-corrected chi connectivity index (χ0v) is 25.3. The molecule has 14 heteroatoms. The minimum atomic E-state index is -4.80. The van der Waals surface area contributed by atoms with Crippen molar-refractivity contribution < 1.29 is 48.3 Å². The molecule has 6 rings (SSSR count). The number of nitrogens with zero attached hydrogens (tertiary/aromatic N) is 1. The largest absolute Gasteiger partial charge is 0.489 e. The van der Waals surface area contributed by atoms with Crippen LogP contribution >= 0.6 is 0 Å². The van der Waals surface area contributed by atoms with Crippen molar-refractivity contribution in [2.45, 2.75) is 54.2 Å². The van der Waals surface area contributed by atoms with Crippen LogP contribution in [-0.4, -0.2) is 51.7 Å². The van der Waals surface area contributed by atoms with Gasteiger partial charge >= 0.3 is 6.18 Å². The first-order chi connectivity index (χ1) is 21.1. The number of amides is 1. The van der Waals surface area contributed by atoms with Gasteiger partial charge in [0, 0.05) is 12.1 Å². The van der Waals surface area contributed by atoms with Crippen molar-refractivity contribution in [2.75, 3.05) is 18.1 Å². The lowest BCUT2D eigenvalue weighted by atomic mass is 9.78. The summed E-state index contributed by atoms with van der Waals surface area (Å²) in [6, 6.07) is 10.5. The molecule has 3 aromatic rings. The van der Waals surface area contributed by atoms with E-state index in [-0.39, 0.29) is 54.4 Å². The minimum absolute atomic E-state index is 0.0139. The molecule has 0 radical (unpaired) electrons. The predicted octanol–water partition coefficient (Wildman–Crippen LogP) is 5.21. The van der Waals surface area contributed by atoms with E-state index in [1.165, 1.54) is 23.1 Å². The first-order valence-electron chi connectivity index (χ1n) is 14.3. The Morgan fingerprint density at radius 3 is 2.42 bits per heavy atom. The van der Waals surface area contributed by atoms with Crippen molar-refractivity contribution in [1.82, 2.24) is 4.90 Å². The maximum Gasteiger partial charge on any atom is 0.416 e. The fourth-order valence-electron chi connectivity index (χ4n) is 7.03. The first kappa shape index (κ1) is 31.5. The molecule has 3 aliphatic rings. The van der Waals surface area contributed by atoms with Gasteiger partial charge in [0.15, 0.2) is 19.7 Å². The second-order valence-corrected chi connectivity index (χ2v) is 16.1. The maximum absolute atomic E-state index is 14.5. The maximum atomic E-state index is 14.5. The lowest BCUT2D eigenvalue weighted by molar-refractivity contribution is -0.139. The summed E-state index contributed by atoms with van der Waals surface area (Å²) in [5, 5.41) is 0. The molecule has 1 aliphatic carbocycles. The van der Waals surface area contributed by atoms with Gasteiger partial charge in [0.1, 0.15) is 28.7 Å². The van der Waals surface area contributed by atoms with Crippen molar-refractivity contribution in [3.05, 3.63) is 94.6 Å². The summed E-state index contributed by atoms with van der Waals surface area (Å²) in [4.78, 5) is 15.0. The highest BCUT2D eigenvalue weighted by molar-refractivity contribution is 7.92. The molecule has 1 amide bonds. The van der Waals surface area contributed by atoms with E-state index >= 15 is 0 Å². The number of hydrogen-bond acceptors (Lipinski definition) is 6. The third-order valence-electron chi connectivity index (χ3n) is 9.13. The zero-order chi connectivity index (χ0) is 32.4. The van der Waals surface area contributed by atoms with Crippen LogP contribution in [0.3, 0.4) is 0 Å². The highest BCUT2D eigenvalue weighted by Crippen LogP contribution is 2.53. The quantitative estimate of drug-likeness (QED) is 0.264. The second kappa shape index (κ2) is 11.1. The Kier molecular flexibility index (Phi) is 7.74. The molecule has 2 aliphatic heterocycles. The number of hydrogen-bond donors (Lipinski definition) is 0. The highest BCUT2D eigenvalue weighted by Gasteiger charge is 2.61. The van der Waals surface area contributed by atoms with Crippen LogP contribution in [0.2, 0.25) is 0 Å². The van der Waals surface area contributed by atoms with E-state index in [1.807, 2.05) is 0 Å². The number of fused-ring (bicyclic) bond motifs is 3. The summed E-state index contributed by atoms with van der Waals surface area (Å²) in [5.41, 5.74) is -0.946. The number of alkyl halides is 3. The summed E-state index contributed by atoms with van der Waals surface area (Å²) >= 11 is 0. The third-order valence-corrected chi connectivity index (χ3v) is 13.4. The Balaban J connectivity index is 1.38. The van der Waals surface area contributed by atoms with E-state index in [0.29, 0.717) is 11.1 Å². The van der Waals surface area contributed by atoms with Crippen LogP contribution in [0.15, 0.2) is 65.6 Å². The molecule has 0 N–H and O–H groups in total. The van der Waals surface area contributed by atoms with Crippen LogP contribution < -0.4 is 4.74 Å². The topological polar surface area (TPSA) is 97.8 Å². The van der Waals surface area contributed by atoms with Gasteiger partial charge in [0.25, 0.3) is 0 Å². The third kappa shape index (κ3) is 5.39. The lowest BCUT2D eigenvalue weighted by Crippen LogP contribution is -2.53. The summed E-state index contributed by atoms with van der Waals surface area (Å²) in [6.07, 6.45) is -4.20. The standard InChI is InChI=1S/C31H28F5NO6S2/c32-21-5-8-23(9-6-21)45(41,42)30-13-14-37(29(38)20-12-15-44(39,40)18-20)28(30)11-4-19-16-22(7-10-25(19)30)43-17-24-26(31(34,35)36)2-1-3-27(24)33/h1-3,5-10,16,20,28H,4,11-15,17-18H2/t20?,28-,30-/m1/s1. The Labute approximate surface area is 256 Å². The number of aryl methyl sites for hydroxylation is 1. The first-order valence-corrected chi connectivity index (χ1v) is 17.6. The van der Waals surface area contributed by atoms with E-state index in [0.717, 1.165) is 42.5 Å². The molecule has 2 fully saturated rings. The smallest absolute Gasteiger partial charge is 0.416 e. The van der Waals surface area contributed by atoms with E-state index in [1.54, 1.807) is 0 Å². The van der Waals surface area contributed by atoms with Crippen molar-refractivity contribution in [2.24, 2.45) is 5.92 Å². The number of rotatable bonds is 6. The zero-order valence-electron chi connectivity index (χ0n) is 23.7. The minimum Gasteiger partial charge on any atom is -0.489 e. The van der Waals surface area contributed by atoms with Crippen LogP contribution in [0.25, 0.3) is 0 Å². The summed E-state index contributed by atoms with van der Waals surface area (Å²) in [7, 11) is -7.68. The lowest BCUT2D eigenvalue weighted by Gasteiger charge is -2.43. The fraction of sp³-hybridized carbons (Fsp3) is 0.387. The SMILES string of the molecule is O=C(C1CCS(=O)(=O)C1)N1CC[C@@]2(S(=O)(=O)c3ccc(F)cc3)c3ccc(OCc4c(F)cccc4C(F)(F)F)cc3CC[C@@H]12. The van der Waals surface area contributed by atoms with Gasteiger partial charge in [0.05, 0.1) is 33.9 Å². The molecule has 2 heterocycles. The molecule has 240 valence electrons. The van der Waals surface area contributed by atoms with Crippen molar-refractivity contribution in [3.63, 3.8) is 0 Å². The van der Waals surface area contributed by atoms with Crippen molar-refractivity contribution in [3.8, 4) is 5.75 Å². The molecule has 45 heavy (non-hydrogen) atoms. The van der Waals surface area contributed by atoms with Gasteiger partial charge in [-0.3, -0.25) is 4.79 Å². The van der Waals surface area contributed by atoms with E-state index in [9.17, 15) is 43.6 Å². The number of halogens is 5. The second-order valence-electron chi connectivity index (χ2n) is 11.7. The number of sulfone groups is 2. The summed E-state index contributed by atoms with van der Waals surface area (Å²) in [6.45, 7) is -0.680. The average Bonchev–Trinajstić information content (AvgIpc) is 3.57. The molecule has 3 atom stereocenters. The Morgan fingerprint density at radius 2 is 1.76 bits per heavy atom. The van der Waals surface area contributed by atoms with Crippen molar-refractivity contribution in [1.29, 1.82) is 0 Å². The monoisotopic (exact) mass is 669 g/mol. The summed E-state index contributed by atoms with van der Waals surface area (Å²) in [5.74, 6) is -3.25. The van der Waals surface area contributed by atoms with E-state index < -0.39 is 77.8 Å². The molecule has 0 saturated carbocycles. The van der Waals surface area contributed by atoms with Gasteiger partial charge in [-0.05, 0) is 85.3 Å².